The number of hydrogen-bond acceptors (Lipinski definition) is 5. The molecule has 0 radical (unpaired) electrons. The Morgan fingerprint density at radius 3 is 2.60 bits per heavy atom. The minimum atomic E-state index is -3.50. The minimum absolute atomic E-state index is 0.0559. The molecule has 0 unspecified atom stereocenters. The summed E-state index contributed by atoms with van der Waals surface area (Å²) in [5.74, 6) is 0.601. The summed E-state index contributed by atoms with van der Waals surface area (Å²) in [6.07, 6.45) is 0. The molecule has 7 heteroatoms. The molecule has 2 heterocycles. The molecule has 2 aromatic heterocycles. The van der Waals surface area contributed by atoms with Crippen LogP contribution in [0.1, 0.15) is 21.1 Å². The summed E-state index contributed by atoms with van der Waals surface area (Å²) in [4.78, 5) is 2.58. The highest BCUT2D eigenvalue weighted by molar-refractivity contribution is 7.89. The molecule has 0 fully saturated rings. The summed E-state index contributed by atoms with van der Waals surface area (Å²) >= 11 is 1.76. The molecule has 110 valence electrons. The van der Waals surface area contributed by atoms with Crippen molar-refractivity contribution >= 4 is 21.4 Å². The van der Waals surface area contributed by atoms with Gasteiger partial charge in [-0.25, -0.2) is 13.1 Å². The first-order valence-corrected chi connectivity index (χ1v) is 8.51. The van der Waals surface area contributed by atoms with Gasteiger partial charge in [-0.15, -0.1) is 11.3 Å². The van der Waals surface area contributed by atoms with Gasteiger partial charge < -0.3 is 9.73 Å². The van der Waals surface area contributed by atoms with Crippen molar-refractivity contribution in [2.75, 3.05) is 7.05 Å². The number of nitrogens with one attached hydrogen (secondary N) is 2. The molecule has 2 aromatic rings. The van der Waals surface area contributed by atoms with Gasteiger partial charge in [0, 0.05) is 16.3 Å². The Morgan fingerprint density at radius 2 is 2.00 bits per heavy atom. The Labute approximate surface area is 123 Å². The first kappa shape index (κ1) is 15.2. The molecule has 2 rings (SSSR count). The van der Waals surface area contributed by atoms with E-state index >= 15 is 0 Å². The van der Waals surface area contributed by atoms with E-state index in [4.69, 9.17) is 4.42 Å². The van der Waals surface area contributed by atoms with E-state index in [0.29, 0.717) is 12.3 Å². The standard InChI is InChI=1S/C13H18N2O3S2/c1-9-6-12(19-10(9)2)8-15-7-11-4-5-13(18-11)20(16,17)14-3/h4-6,14-15H,7-8H2,1-3H3. The zero-order chi connectivity index (χ0) is 14.8. The Hall–Kier alpha value is -1.15. The Balaban J connectivity index is 1.92. The molecule has 0 aliphatic heterocycles. The average molecular weight is 314 g/mol. The van der Waals surface area contributed by atoms with E-state index in [9.17, 15) is 8.42 Å². The van der Waals surface area contributed by atoms with Crippen LogP contribution in [0, 0.1) is 13.8 Å². The summed E-state index contributed by atoms with van der Waals surface area (Å²) in [6.45, 7) is 5.44. The van der Waals surface area contributed by atoms with Crippen molar-refractivity contribution in [1.82, 2.24) is 10.0 Å². The lowest BCUT2D eigenvalue weighted by molar-refractivity contribution is 0.400. The van der Waals surface area contributed by atoms with Crippen LogP contribution >= 0.6 is 11.3 Å². The smallest absolute Gasteiger partial charge is 0.273 e. The van der Waals surface area contributed by atoms with Crippen molar-refractivity contribution in [2.24, 2.45) is 0 Å². The van der Waals surface area contributed by atoms with E-state index in [0.717, 1.165) is 6.54 Å². The van der Waals surface area contributed by atoms with Crippen LogP contribution in [-0.4, -0.2) is 15.5 Å². The minimum Gasteiger partial charge on any atom is -0.447 e. The lowest BCUT2D eigenvalue weighted by Gasteiger charge is -2.00. The van der Waals surface area contributed by atoms with Gasteiger partial charge in [0.15, 0.2) is 0 Å². The number of sulfonamides is 1. The van der Waals surface area contributed by atoms with Crippen LogP contribution in [0.15, 0.2) is 27.7 Å². The second kappa shape index (κ2) is 6.09. The average Bonchev–Trinajstić information content (AvgIpc) is 2.98. The third kappa shape index (κ3) is 3.49. The second-order valence-electron chi connectivity index (χ2n) is 4.48. The van der Waals surface area contributed by atoms with Gasteiger partial charge >= 0.3 is 0 Å². The third-order valence-corrected chi connectivity index (χ3v) is 5.43. The molecular weight excluding hydrogens is 296 g/mol. The normalized spacial score (nSPS) is 11.9. The summed E-state index contributed by atoms with van der Waals surface area (Å²) in [5, 5.41) is 3.19. The van der Waals surface area contributed by atoms with E-state index in [2.05, 4.69) is 30.0 Å². The summed E-state index contributed by atoms with van der Waals surface area (Å²) in [5.41, 5.74) is 1.30. The fourth-order valence-corrected chi connectivity index (χ4v) is 3.43. The molecule has 0 saturated carbocycles. The van der Waals surface area contributed by atoms with Gasteiger partial charge in [0.2, 0.25) is 5.09 Å². The van der Waals surface area contributed by atoms with Gasteiger partial charge in [-0.05, 0) is 44.7 Å². The van der Waals surface area contributed by atoms with E-state index in [1.165, 1.54) is 28.4 Å². The molecular formula is C13H18N2O3S2. The predicted octanol–water partition coefficient (Wildman–Crippen LogP) is 2.16. The van der Waals surface area contributed by atoms with Crippen molar-refractivity contribution in [3.05, 3.63) is 39.3 Å². The zero-order valence-corrected chi connectivity index (χ0v) is 13.3. The second-order valence-corrected chi connectivity index (χ2v) is 7.64. The molecule has 0 saturated heterocycles. The van der Waals surface area contributed by atoms with Crippen LogP contribution in [0.5, 0.6) is 0 Å². The summed E-state index contributed by atoms with van der Waals surface area (Å²) in [6, 6.07) is 5.29. The SMILES string of the molecule is CNS(=O)(=O)c1ccc(CNCc2cc(C)c(C)s2)o1. The largest absolute Gasteiger partial charge is 0.447 e. The number of thiophene rings is 1. The first-order valence-electron chi connectivity index (χ1n) is 6.21. The topological polar surface area (TPSA) is 71.3 Å². The molecule has 0 aliphatic carbocycles. The van der Waals surface area contributed by atoms with E-state index < -0.39 is 10.0 Å². The monoisotopic (exact) mass is 314 g/mol. The molecule has 0 aliphatic rings. The molecule has 0 aromatic carbocycles. The molecule has 0 atom stereocenters. The van der Waals surface area contributed by atoms with Crippen molar-refractivity contribution < 1.29 is 12.8 Å². The quantitative estimate of drug-likeness (QED) is 0.857. The van der Waals surface area contributed by atoms with Crippen LogP contribution in [0.4, 0.5) is 0 Å². The van der Waals surface area contributed by atoms with Gasteiger partial charge in [-0.3, -0.25) is 0 Å². The fourth-order valence-electron chi connectivity index (χ4n) is 1.74. The van der Waals surface area contributed by atoms with Gasteiger partial charge in [0.1, 0.15) is 5.76 Å². The summed E-state index contributed by atoms with van der Waals surface area (Å²) < 4.78 is 30.6. The maximum atomic E-state index is 11.5. The zero-order valence-electron chi connectivity index (χ0n) is 11.7. The van der Waals surface area contributed by atoms with Crippen LogP contribution in [0.3, 0.4) is 0 Å². The number of furan rings is 1. The Bertz CT molecular complexity index is 667. The van der Waals surface area contributed by atoms with Crippen LogP contribution in [0.2, 0.25) is 0 Å². The fraction of sp³-hybridized carbons (Fsp3) is 0.385. The number of aryl methyl sites for hydroxylation is 2. The molecule has 0 bridgehead atoms. The van der Waals surface area contributed by atoms with Crippen molar-refractivity contribution in [1.29, 1.82) is 0 Å². The predicted molar refractivity (Wildman–Crippen MR) is 79.3 cm³/mol. The van der Waals surface area contributed by atoms with E-state index in [1.54, 1.807) is 17.4 Å². The molecule has 5 nitrogen and oxygen atoms in total. The van der Waals surface area contributed by atoms with Crippen molar-refractivity contribution in [2.45, 2.75) is 32.0 Å². The number of rotatable bonds is 6. The summed E-state index contributed by atoms with van der Waals surface area (Å²) in [7, 11) is -2.14. The number of hydrogen-bond donors (Lipinski definition) is 2. The first-order chi connectivity index (χ1) is 9.42. The maximum Gasteiger partial charge on any atom is 0.273 e. The van der Waals surface area contributed by atoms with Crippen LogP contribution < -0.4 is 10.0 Å². The van der Waals surface area contributed by atoms with Gasteiger partial charge in [-0.1, -0.05) is 0 Å². The van der Waals surface area contributed by atoms with E-state index in [1.807, 2.05) is 0 Å². The molecule has 2 N–H and O–H groups in total. The highest BCUT2D eigenvalue weighted by Gasteiger charge is 2.16. The van der Waals surface area contributed by atoms with Crippen LogP contribution in [-0.2, 0) is 23.1 Å². The lowest BCUT2D eigenvalue weighted by Crippen LogP contribution is -2.17. The van der Waals surface area contributed by atoms with Gasteiger partial charge in [-0.2, -0.15) is 0 Å². The van der Waals surface area contributed by atoms with Crippen LogP contribution in [0.25, 0.3) is 0 Å². The van der Waals surface area contributed by atoms with Crippen molar-refractivity contribution in [3.63, 3.8) is 0 Å². The molecule has 0 amide bonds. The van der Waals surface area contributed by atoms with Gasteiger partial charge in [0.05, 0.1) is 6.54 Å². The molecule has 20 heavy (non-hydrogen) atoms. The van der Waals surface area contributed by atoms with Gasteiger partial charge in [0.25, 0.3) is 10.0 Å². The van der Waals surface area contributed by atoms with E-state index in [-0.39, 0.29) is 5.09 Å². The highest BCUT2D eigenvalue weighted by atomic mass is 32.2. The highest BCUT2D eigenvalue weighted by Crippen LogP contribution is 2.20. The maximum absolute atomic E-state index is 11.5. The Morgan fingerprint density at radius 1 is 1.25 bits per heavy atom. The Kier molecular flexibility index (Phi) is 4.64. The lowest BCUT2D eigenvalue weighted by atomic mass is 10.3. The van der Waals surface area contributed by atoms with Crippen molar-refractivity contribution in [3.8, 4) is 0 Å². The molecule has 0 spiro atoms. The third-order valence-electron chi connectivity index (χ3n) is 2.99.